The lowest BCUT2D eigenvalue weighted by Gasteiger charge is -2.01. The second-order valence-electron chi connectivity index (χ2n) is 3.26. The van der Waals surface area contributed by atoms with Crippen molar-refractivity contribution in [2.75, 3.05) is 7.11 Å². The van der Waals surface area contributed by atoms with E-state index in [1.165, 1.54) is 24.8 Å². The van der Waals surface area contributed by atoms with Crippen LogP contribution >= 0.6 is 22.9 Å². The second-order valence-corrected chi connectivity index (χ2v) is 4.97. The van der Waals surface area contributed by atoms with Crippen molar-refractivity contribution < 1.29 is 9.53 Å². The van der Waals surface area contributed by atoms with E-state index in [0.717, 1.165) is 0 Å². The summed E-state index contributed by atoms with van der Waals surface area (Å²) in [6.07, 6.45) is 1.60. The third kappa shape index (κ3) is 3.01. The highest BCUT2D eigenvalue weighted by molar-refractivity contribution is 7.18. The van der Waals surface area contributed by atoms with Crippen LogP contribution in [0, 0.1) is 0 Å². The van der Waals surface area contributed by atoms with Gasteiger partial charge in [0.15, 0.2) is 5.78 Å². The molecule has 2 aromatic rings. The molecule has 0 aliphatic carbocycles. The van der Waals surface area contributed by atoms with Crippen LogP contribution in [0.1, 0.15) is 15.4 Å². The number of hydrogen-bond donors (Lipinski definition) is 0. The molecule has 0 saturated carbocycles. The molecule has 0 radical (unpaired) electrons. The summed E-state index contributed by atoms with van der Waals surface area (Å²) < 4.78 is 5.57. The van der Waals surface area contributed by atoms with Gasteiger partial charge in [0.25, 0.3) is 0 Å². The van der Waals surface area contributed by atoms with Crippen LogP contribution in [0.4, 0.5) is 0 Å². The highest BCUT2D eigenvalue weighted by Gasteiger charge is 2.11. The summed E-state index contributed by atoms with van der Waals surface area (Å²) in [4.78, 5) is 20.4. The third-order valence-corrected chi connectivity index (χ3v) is 3.37. The standard InChI is InChI=1S/C11H9ClN2O2S/c1-16-11-5-7(13-6-14-11)4-8(15)9-2-3-10(12)17-9/h2-3,5-6H,4H2,1H3. The Labute approximate surface area is 107 Å². The summed E-state index contributed by atoms with van der Waals surface area (Å²) in [6.45, 7) is 0. The molecule has 0 amide bonds. The molecule has 0 spiro atoms. The number of carbonyl (C=O) groups is 1. The molecule has 88 valence electrons. The normalized spacial score (nSPS) is 10.2. The second kappa shape index (κ2) is 5.25. The Balaban J connectivity index is 2.12. The number of thiophene rings is 1. The van der Waals surface area contributed by atoms with Gasteiger partial charge in [-0.2, -0.15) is 0 Å². The number of rotatable bonds is 4. The van der Waals surface area contributed by atoms with Crippen LogP contribution in [-0.2, 0) is 6.42 Å². The fourth-order valence-corrected chi connectivity index (χ4v) is 2.28. The monoisotopic (exact) mass is 268 g/mol. The number of ether oxygens (including phenoxy) is 1. The maximum absolute atomic E-state index is 11.9. The zero-order chi connectivity index (χ0) is 12.3. The van der Waals surface area contributed by atoms with E-state index in [1.54, 1.807) is 18.2 Å². The van der Waals surface area contributed by atoms with E-state index in [-0.39, 0.29) is 12.2 Å². The van der Waals surface area contributed by atoms with E-state index in [0.29, 0.717) is 20.8 Å². The first-order valence-electron chi connectivity index (χ1n) is 4.82. The highest BCUT2D eigenvalue weighted by Crippen LogP contribution is 2.22. The minimum atomic E-state index is -0.0114. The van der Waals surface area contributed by atoms with Crippen molar-refractivity contribution in [3.63, 3.8) is 0 Å². The highest BCUT2D eigenvalue weighted by atomic mass is 35.5. The number of ketones is 1. The van der Waals surface area contributed by atoms with Gasteiger partial charge in [-0.05, 0) is 12.1 Å². The van der Waals surface area contributed by atoms with Crippen LogP contribution in [0.3, 0.4) is 0 Å². The summed E-state index contributed by atoms with van der Waals surface area (Å²) in [5, 5.41) is 0. The predicted octanol–water partition coefficient (Wildman–Crippen LogP) is 2.63. The summed E-state index contributed by atoms with van der Waals surface area (Å²) in [5.41, 5.74) is 0.631. The molecule has 17 heavy (non-hydrogen) atoms. The van der Waals surface area contributed by atoms with E-state index >= 15 is 0 Å². The summed E-state index contributed by atoms with van der Waals surface area (Å²) in [6, 6.07) is 5.07. The lowest BCUT2D eigenvalue weighted by molar-refractivity contribution is 0.0995. The van der Waals surface area contributed by atoms with Gasteiger partial charge in [0, 0.05) is 6.07 Å². The predicted molar refractivity (Wildman–Crippen MR) is 65.9 cm³/mol. The summed E-state index contributed by atoms with van der Waals surface area (Å²) in [7, 11) is 1.52. The van der Waals surface area contributed by atoms with Crippen molar-refractivity contribution in [1.82, 2.24) is 9.97 Å². The molecule has 2 rings (SSSR count). The molecule has 0 bridgehead atoms. The Hall–Kier alpha value is -1.46. The molecular formula is C11H9ClN2O2S. The minimum absolute atomic E-state index is 0.0114. The van der Waals surface area contributed by atoms with E-state index in [9.17, 15) is 4.79 Å². The van der Waals surface area contributed by atoms with E-state index in [4.69, 9.17) is 16.3 Å². The fourth-order valence-electron chi connectivity index (χ4n) is 1.30. The maximum atomic E-state index is 11.9. The first-order chi connectivity index (χ1) is 8.19. The molecule has 6 heteroatoms. The molecule has 2 heterocycles. The number of nitrogens with zero attached hydrogens (tertiary/aromatic N) is 2. The number of hydrogen-bond acceptors (Lipinski definition) is 5. The lowest BCUT2D eigenvalue weighted by atomic mass is 10.2. The number of aromatic nitrogens is 2. The molecule has 0 unspecified atom stereocenters. The summed E-state index contributed by atoms with van der Waals surface area (Å²) >= 11 is 7.04. The molecule has 0 aromatic carbocycles. The Bertz CT molecular complexity index is 542. The van der Waals surface area contributed by atoms with Crippen LogP contribution in [0.2, 0.25) is 4.34 Å². The Morgan fingerprint density at radius 1 is 1.47 bits per heavy atom. The van der Waals surface area contributed by atoms with Crippen molar-refractivity contribution in [2.45, 2.75) is 6.42 Å². The quantitative estimate of drug-likeness (QED) is 0.800. The van der Waals surface area contributed by atoms with E-state index in [1.807, 2.05) is 0 Å². The summed E-state index contributed by atoms with van der Waals surface area (Å²) in [5.74, 6) is 0.440. The van der Waals surface area contributed by atoms with Gasteiger partial charge < -0.3 is 4.74 Å². The van der Waals surface area contributed by atoms with E-state index < -0.39 is 0 Å². The molecule has 0 fully saturated rings. The first-order valence-corrected chi connectivity index (χ1v) is 6.02. The van der Waals surface area contributed by atoms with Gasteiger partial charge in [-0.25, -0.2) is 9.97 Å². The average molecular weight is 269 g/mol. The van der Waals surface area contributed by atoms with Crippen molar-refractivity contribution >= 4 is 28.7 Å². The van der Waals surface area contributed by atoms with Crippen LogP contribution in [-0.4, -0.2) is 22.9 Å². The van der Waals surface area contributed by atoms with Crippen LogP contribution in [0.25, 0.3) is 0 Å². The molecule has 4 nitrogen and oxygen atoms in total. The number of carbonyl (C=O) groups excluding carboxylic acids is 1. The van der Waals surface area contributed by atoms with Gasteiger partial charge >= 0.3 is 0 Å². The molecule has 0 saturated heterocycles. The lowest BCUT2D eigenvalue weighted by Crippen LogP contribution is -2.04. The van der Waals surface area contributed by atoms with Gasteiger partial charge in [-0.1, -0.05) is 11.6 Å². The van der Waals surface area contributed by atoms with Gasteiger partial charge in [-0.15, -0.1) is 11.3 Å². The van der Waals surface area contributed by atoms with Crippen LogP contribution < -0.4 is 4.74 Å². The van der Waals surface area contributed by atoms with E-state index in [2.05, 4.69) is 9.97 Å². The Morgan fingerprint density at radius 2 is 2.29 bits per heavy atom. The molecule has 0 aliphatic rings. The molecular weight excluding hydrogens is 260 g/mol. The number of methoxy groups -OCH3 is 1. The molecule has 2 aromatic heterocycles. The van der Waals surface area contributed by atoms with Crippen LogP contribution in [0.15, 0.2) is 24.5 Å². The number of Topliss-reactive ketones (excluding diaryl/α,β-unsaturated/α-hetero) is 1. The van der Waals surface area contributed by atoms with Crippen molar-refractivity contribution in [3.05, 3.63) is 39.4 Å². The van der Waals surface area contributed by atoms with Gasteiger partial charge in [0.1, 0.15) is 6.33 Å². The average Bonchev–Trinajstić information content (AvgIpc) is 2.76. The third-order valence-electron chi connectivity index (χ3n) is 2.10. The fraction of sp³-hybridized carbons (Fsp3) is 0.182. The van der Waals surface area contributed by atoms with Gasteiger partial charge in [-0.3, -0.25) is 4.79 Å². The van der Waals surface area contributed by atoms with Crippen molar-refractivity contribution in [1.29, 1.82) is 0 Å². The topological polar surface area (TPSA) is 52.1 Å². The molecule has 0 aliphatic heterocycles. The molecule has 0 N–H and O–H groups in total. The SMILES string of the molecule is COc1cc(CC(=O)c2ccc(Cl)s2)ncn1. The zero-order valence-electron chi connectivity index (χ0n) is 9.01. The van der Waals surface area contributed by atoms with Crippen molar-refractivity contribution in [2.24, 2.45) is 0 Å². The first kappa shape index (κ1) is 12.0. The zero-order valence-corrected chi connectivity index (χ0v) is 10.6. The van der Waals surface area contributed by atoms with Crippen LogP contribution in [0.5, 0.6) is 5.88 Å². The smallest absolute Gasteiger partial charge is 0.216 e. The Morgan fingerprint density at radius 3 is 2.94 bits per heavy atom. The Kier molecular flexibility index (Phi) is 3.71. The number of halogens is 1. The van der Waals surface area contributed by atoms with Gasteiger partial charge in [0.05, 0.1) is 28.4 Å². The minimum Gasteiger partial charge on any atom is -0.481 e. The largest absolute Gasteiger partial charge is 0.481 e. The maximum Gasteiger partial charge on any atom is 0.216 e. The van der Waals surface area contributed by atoms with Crippen molar-refractivity contribution in [3.8, 4) is 5.88 Å². The van der Waals surface area contributed by atoms with Gasteiger partial charge in [0.2, 0.25) is 5.88 Å². The molecule has 0 atom stereocenters.